The number of hydrogen-bond donors (Lipinski definition) is 2. The van der Waals surface area contributed by atoms with Gasteiger partial charge in [-0.05, 0) is 43.4 Å². The van der Waals surface area contributed by atoms with Crippen molar-refractivity contribution in [3.05, 3.63) is 62.9 Å². The van der Waals surface area contributed by atoms with Gasteiger partial charge in [-0.2, -0.15) is 0 Å². The van der Waals surface area contributed by atoms with Crippen molar-refractivity contribution >= 4 is 10.0 Å². The molecule has 164 valence electrons. The Morgan fingerprint density at radius 2 is 2.07 bits per heavy atom. The van der Waals surface area contributed by atoms with Gasteiger partial charge in [-0.15, -0.1) is 0 Å². The van der Waals surface area contributed by atoms with Crippen molar-refractivity contribution in [1.29, 1.82) is 0 Å². The molecule has 9 nitrogen and oxygen atoms in total. The van der Waals surface area contributed by atoms with Crippen molar-refractivity contribution < 1.29 is 17.9 Å². The highest BCUT2D eigenvalue weighted by molar-refractivity contribution is 7.89. The molecule has 0 aliphatic heterocycles. The van der Waals surface area contributed by atoms with Crippen LogP contribution in [0.2, 0.25) is 0 Å². The number of aromatic nitrogens is 2. The Bertz CT molecular complexity index is 1060. The van der Waals surface area contributed by atoms with E-state index in [1.807, 2.05) is 31.2 Å². The molecule has 0 bridgehead atoms. The highest BCUT2D eigenvalue weighted by Gasteiger charge is 2.24. The van der Waals surface area contributed by atoms with Crippen molar-refractivity contribution in [3.8, 4) is 5.75 Å². The summed E-state index contributed by atoms with van der Waals surface area (Å²) in [5.74, 6) is 0.668. The summed E-state index contributed by atoms with van der Waals surface area (Å²) in [6.45, 7) is 2.02. The summed E-state index contributed by atoms with van der Waals surface area (Å²) in [5.41, 5.74) is -0.188. The molecule has 1 heterocycles. The van der Waals surface area contributed by atoms with Crippen LogP contribution in [-0.4, -0.2) is 36.4 Å². The Labute approximate surface area is 175 Å². The zero-order valence-electron chi connectivity index (χ0n) is 16.9. The monoisotopic (exact) mass is 437 g/mol. The summed E-state index contributed by atoms with van der Waals surface area (Å²) >= 11 is 0. The van der Waals surface area contributed by atoms with Crippen molar-refractivity contribution in [2.45, 2.75) is 51.5 Å². The van der Waals surface area contributed by atoms with Gasteiger partial charge in [-0.1, -0.05) is 19.1 Å². The van der Waals surface area contributed by atoms with Gasteiger partial charge in [0.25, 0.3) is 5.56 Å². The summed E-state index contributed by atoms with van der Waals surface area (Å²) < 4.78 is 40.0. The van der Waals surface area contributed by atoms with Crippen molar-refractivity contribution in [2.75, 3.05) is 12.4 Å². The van der Waals surface area contributed by atoms with E-state index in [1.165, 1.54) is 16.8 Å². The maximum absolute atomic E-state index is 12.5. The summed E-state index contributed by atoms with van der Waals surface area (Å²) in [7, 11) is -3.51. The van der Waals surface area contributed by atoms with Crippen LogP contribution in [0.15, 0.2) is 46.1 Å². The maximum Gasteiger partial charge on any atom is 0.330 e. The van der Waals surface area contributed by atoms with Crippen LogP contribution in [0.5, 0.6) is 5.75 Å². The van der Waals surface area contributed by atoms with Crippen LogP contribution in [0.25, 0.3) is 0 Å². The summed E-state index contributed by atoms with van der Waals surface area (Å²) in [6.07, 6.45) is 4.61. The molecule has 1 atom stereocenters. The quantitative estimate of drug-likeness (QED) is 0.486. The number of benzene rings is 1. The van der Waals surface area contributed by atoms with Gasteiger partial charge in [0.15, 0.2) is 0 Å². The second-order valence-electron chi connectivity index (χ2n) is 7.26. The van der Waals surface area contributed by atoms with E-state index in [1.54, 1.807) is 0 Å². The Balaban J connectivity index is 1.47. The normalized spacial score (nSPS) is 15.1. The lowest BCUT2D eigenvalue weighted by molar-refractivity contribution is 0.0744. The Morgan fingerprint density at radius 3 is 2.77 bits per heavy atom. The van der Waals surface area contributed by atoms with Gasteiger partial charge in [0.2, 0.25) is 10.0 Å². The second-order valence-corrected chi connectivity index (χ2v) is 9.13. The van der Waals surface area contributed by atoms with Gasteiger partial charge >= 0.3 is 5.69 Å². The van der Waals surface area contributed by atoms with Gasteiger partial charge in [0, 0.05) is 24.9 Å². The lowest BCUT2D eigenvalue weighted by Gasteiger charge is -2.18. The predicted molar refractivity (Wildman–Crippen MR) is 112 cm³/mol. The SMILES string of the molecule is CC[C@@H](NS(=O)(=O)CCCOCn1ccc(=O)[nH]c1=O)c1cccc(OC2CC2)c1. The fourth-order valence-electron chi connectivity index (χ4n) is 2.91. The molecular weight excluding hydrogens is 410 g/mol. The topological polar surface area (TPSA) is 119 Å². The molecule has 0 spiro atoms. The molecule has 10 heteroatoms. The zero-order valence-corrected chi connectivity index (χ0v) is 17.7. The predicted octanol–water partition coefficient (Wildman–Crippen LogP) is 1.51. The maximum atomic E-state index is 12.5. The van der Waals surface area contributed by atoms with Crippen LogP contribution in [0.4, 0.5) is 0 Å². The van der Waals surface area contributed by atoms with Gasteiger partial charge in [-0.3, -0.25) is 14.3 Å². The summed E-state index contributed by atoms with van der Waals surface area (Å²) in [4.78, 5) is 24.7. The fraction of sp³-hybridized carbons (Fsp3) is 0.500. The van der Waals surface area contributed by atoms with Crippen molar-refractivity contribution in [2.24, 2.45) is 0 Å². The van der Waals surface area contributed by atoms with Gasteiger partial charge < -0.3 is 9.47 Å². The average Bonchev–Trinajstić information content (AvgIpc) is 3.51. The van der Waals surface area contributed by atoms with E-state index in [9.17, 15) is 18.0 Å². The molecule has 0 radical (unpaired) electrons. The highest BCUT2D eigenvalue weighted by Crippen LogP contribution is 2.29. The first-order chi connectivity index (χ1) is 14.4. The zero-order chi connectivity index (χ0) is 21.6. The van der Waals surface area contributed by atoms with E-state index in [-0.39, 0.29) is 37.7 Å². The molecule has 0 saturated heterocycles. The first-order valence-electron chi connectivity index (χ1n) is 10.0. The molecule has 0 unspecified atom stereocenters. The van der Waals surface area contributed by atoms with E-state index in [0.29, 0.717) is 6.42 Å². The minimum absolute atomic E-state index is 0.0611. The number of rotatable bonds is 12. The largest absolute Gasteiger partial charge is 0.490 e. The molecule has 1 saturated carbocycles. The smallest absolute Gasteiger partial charge is 0.330 e. The summed E-state index contributed by atoms with van der Waals surface area (Å²) in [6, 6.07) is 8.42. The van der Waals surface area contributed by atoms with Crippen molar-refractivity contribution in [3.63, 3.8) is 0 Å². The van der Waals surface area contributed by atoms with Crippen LogP contribution in [0, 0.1) is 0 Å². The van der Waals surface area contributed by atoms with Crippen LogP contribution in [0.1, 0.15) is 44.2 Å². The van der Waals surface area contributed by atoms with E-state index in [0.717, 1.165) is 24.2 Å². The molecule has 0 amide bonds. The number of ether oxygens (including phenoxy) is 2. The lowest BCUT2D eigenvalue weighted by atomic mass is 10.1. The third kappa shape index (κ3) is 6.82. The Kier molecular flexibility index (Phi) is 7.46. The van der Waals surface area contributed by atoms with Gasteiger partial charge in [-0.25, -0.2) is 17.9 Å². The molecule has 1 aliphatic carbocycles. The van der Waals surface area contributed by atoms with E-state index in [2.05, 4.69) is 9.71 Å². The van der Waals surface area contributed by atoms with E-state index in [4.69, 9.17) is 9.47 Å². The van der Waals surface area contributed by atoms with Crippen LogP contribution >= 0.6 is 0 Å². The first kappa shape index (κ1) is 22.3. The van der Waals surface area contributed by atoms with Crippen molar-refractivity contribution in [1.82, 2.24) is 14.3 Å². The van der Waals surface area contributed by atoms with Crippen LogP contribution in [-0.2, 0) is 21.5 Å². The van der Waals surface area contributed by atoms with Gasteiger partial charge in [0.1, 0.15) is 12.5 Å². The third-order valence-corrected chi connectivity index (χ3v) is 6.12. The Morgan fingerprint density at radius 1 is 1.27 bits per heavy atom. The number of nitrogens with zero attached hydrogens (tertiary/aromatic N) is 1. The highest BCUT2D eigenvalue weighted by atomic mass is 32.2. The molecule has 1 aliphatic rings. The molecule has 1 fully saturated rings. The number of nitrogens with one attached hydrogen (secondary N) is 2. The third-order valence-electron chi connectivity index (χ3n) is 4.65. The lowest BCUT2D eigenvalue weighted by Crippen LogP contribution is -2.31. The second kappa shape index (κ2) is 10.1. The molecule has 3 rings (SSSR count). The standard InChI is InChI=1S/C20H27N3O6S/c1-2-18(15-5-3-6-17(13-15)29-16-7-8-16)22-30(26,27)12-4-11-28-14-23-10-9-19(24)21-20(23)25/h3,5-6,9-10,13,16,18,22H,2,4,7-8,11-12,14H2,1H3,(H,21,24,25)/t18-/m1/s1. The minimum Gasteiger partial charge on any atom is -0.490 e. The molecule has 1 aromatic heterocycles. The minimum atomic E-state index is -3.51. The summed E-state index contributed by atoms with van der Waals surface area (Å²) in [5, 5.41) is 0. The van der Waals surface area contributed by atoms with Gasteiger partial charge in [0.05, 0.1) is 11.9 Å². The Hall–Kier alpha value is -2.43. The molecule has 2 aromatic rings. The molecule has 1 aromatic carbocycles. The van der Waals surface area contributed by atoms with Crippen LogP contribution in [0.3, 0.4) is 0 Å². The average molecular weight is 438 g/mol. The fourth-order valence-corrected chi connectivity index (χ4v) is 4.26. The van der Waals surface area contributed by atoms with E-state index >= 15 is 0 Å². The first-order valence-corrected chi connectivity index (χ1v) is 11.7. The number of H-pyrrole nitrogens is 1. The molecule has 30 heavy (non-hydrogen) atoms. The number of sulfonamides is 1. The molecule has 2 N–H and O–H groups in total. The number of hydrogen-bond acceptors (Lipinski definition) is 6. The molecular formula is C20H27N3O6S. The van der Waals surface area contributed by atoms with E-state index < -0.39 is 21.3 Å². The van der Waals surface area contributed by atoms with Crippen LogP contribution < -0.4 is 20.7 Å². The number of aromatic amines is 1.